The Kier molecular flexibility index (Phi) is 2.97. The lowest BCUT2D eigenvalue weighted by atomic mass is 10.0. The number of hydrogen-bond donors (Lipinski definition) is 2. The van der Waals surface area contributed by atoms with Gasteiger partial charge in [0.25, 0.3) is 0 Å². The minimum Gasteiger partial charge on any atom is -0.478 e. The predicted octanol–water partition coefficient (Wildman–Crippen LogP) is 2.91. The molecule has 0 heterocycles. The van der Waals surface area contributed by atoms with E-state index in [-0.39, 0.29) is 11.1 Å². The van der Waals surface area contributed by atoms with Crippen LogP contribution in [0.2, 0.25) is 0 Å². The Bertz CT molecular complexity index is 609. The monoisotopic (exact) mass is 249 g/mol. The number of rotatable bonds is 2. The number of hydrogen-bond acceptors (Lipinski definition) is 2. The van der Waals surface area contributed by atoms with Crippen molar-refractivity contribution in [3.63, 3.8) is 0 Å². The zero-order chi connectivity index (χ0) is 13.3. The van der Waals surface area contributed by atoms with Crippen LogP contribution < -0.4 is 5.73 Å². The average molecular weight is 249 g/mol. The summed E-state index contributed by atoms with van der Waals surface area (Å²) in [6.07, 6.45) is 0. The van der Waals surface area contributed by atoms with Crippen LogP contribution in [0.3, 0.4) is 0 Å². The lowest BCUT2D eigenvalue weighted by Gasteiger charge is -2.06. The summed E-state index contributed by atoms with van der Waals surface area (Å²) < 4.78 is 26.7. The first-order chi connectivity index (χ1) is 8.50. The fraction of sp³-hybridized carbons (Fsp3) is 0. The van der Waals surface area contributed by atoms with Gasteiger partial charge in [-0.25, -0.2) is 13.6 Å². The van der Waals surface area contributed by atoms with E-state index in [4.69, 9.17) is 10.8 Å². The van der Waals surface area contributed by atoms with Crippen LogP contribution in [-0.4, -0.2) is 11.1 Å². The molecule has 2 aromatic carbocycles. The minimum absolute atomic E-state index is 0.0919. The number of aromatic carboxylic acids is 1. The Morgan fingerprint density at radius 2 is 1.67 bits per heavy atom. The summed E-state index contributed by atoms with van der Waals surface area (Å²) in [6.45, 7) is 0. The highest BCUT2D eigenvalue weighted by atomic mass is 19.1. The summed E-state index contributed by atoms with van der Waals surface area (Å²) in [4.78, 5) is 10.7. The maximum atomic E-state index is 13.7. The Hall–Kier alpha value is -2.43. The van der Waals surface area contributed by atoms with Gasteiger partial charge < -0.3 is 10.8 Å². The van der Waals surface area contributed by atoms with E-state index < -0.39 is 23.3 Å². The molecule has 0 aromatic heterocycles. The third-order valence-electron chi connectivity index (χ3n) is 2.57. The second-order valence-electron chi connectivity index (χ2n) is 3.71. The molecule has 0 bridgehead atoms. The molecular formula is C13H9F2NO2. The molecule has 0 saturated heterocycles. The number of carboxylic acids is 1. The lowest BCUT2D eigenvalue weighted by molar-refractivity contribution is 0.0697. The van der Waals surface area contributed by atoms with E-state index >= 15 is 0 Å². The first-order valence-electron chi connectivity index (χ1n) is 5.08. The van der Waals surface area contributed by atoms with Crippen molar-refractivity contribution in [2.75, 3.05) is 5.73 Å². The number of anilines is 1. The SMILES string of the molecule is Nc1c(F)ccc(-c2ccc(C(=O)O)cc2)c1F. The zero-order valence-electron chi connectivity index (χ0n) is 9.15. The maximum Gasteiger partial charge on any atom is 0.335 e. The molecule has 0 unspecified atom stereocenters. The van der Waals surface area contributed by atoms with Gasteiger partial charge in [-0.1, -0.05) is 12.1 Å². The predicted molar refractivity (Wildman–Crippen MR) is 63.2 cm³/mol. The maximum absolute atomic E-state index is 13.7. The fourth-order valence-electron chi connectivity index (χ4n) is 1.58. The molecule has 0 amide bonds. The van der Waals surface area contributed by atoms with Crippen molar-refractivity contribution in [3.8, 4) is 11.1 Å². The van der Waals surface area contributed by atoms with Crippen LogP contribution in [0.15, 0.2) is 36.4 Å². The molecule has 0 atom stereocenters. The number of nitrogens with two attached hydrogens (primary N) is 1. The van der Waals surface area contributed by atoms with Crippen LogP contribution in [-0.2, 0) is 0 Å². The van der Waals surface area contributed by atoms with Crippen LogP contribution in [0, 0.1) is 11.6 Å². The normalized spacial score (nSPS) is 10.3. The first-order valence-corrected chi connectivity index (χ1v) is 5.08. The Morgan fingerprint density at radius 1 is 1.06 bits per heavy atom. The number of benzene rings is 2. The van der Waals surface area contributed by atoms with Gasteiger partial charge in [0.15, 0.2) is 5.82 Å². The molecule has 0 radical (unpaired) electrons. The minimum atomic E-state index is -1.07. The summed E-state index contributed by atoms with van der Waals surface area (Å²) in [5.41, 5.74) is 5.36. The smallest absolute Gasteiger partial charge is 0.335 e. The first kappa shape index (κ1) is 12.0. The summed E-state index contributed by atoms with van der Waals surface area (Å²) in [5.74, 6) is -2.74. The van der Waals surface area contributed by atoms with Crippen molar-refractivity contribution in [1.29, 1.82) is 0 Å². The van der Waals surface area contributed by atoms with Crippen molar-refractivity contribution < 1.29 is 18.7 Å². The molecule has 0 aliphatic carbocycles. The van der Waals surface area contributed by atoms with Crippen LogP contribution in [0.4, 0.5) is 14.5 Å². The molecule has 0 fully saturated rings. The van der Waals surface area contributed by atoms with Crippen LogP contribution in [0.25, 0.3) is 11.1 Å². The van der Waals surface area contributed by atoms with E-state index in [0.29, 0.717) is 5.56 Å². The third-order valence-corrected chi connectivity index (χ3v) is 2.57. The van der Waals surface area contributed by atoms with Gasteiger partial charge in [0.2, 0.25) is 0 Å². The quantitative estimate of drug-likeness (QED) is 0.804. The number of halogens is 2. The van der Waals surface area contributed by atoms with E-state index in [1.54, 1.807) is 0 Å². The van der Waals surface area contributed by atoms with E-state index in [2.05, 4.69) is 0 Å². The molecule has 3 nitrogen and oxygen atoms in total. The van der Waals surface area contributed by atoms with Crippen LogP contribution in [0.1, 0.15) is 10.4 Å². The topological polar surface area (TPSA) is 63.3 Å². The van der Waals surface area contributed by atoms with Crippen LogP contribution >= 0.6 is 0 Å². The molecule has 0 spiro atoms. The number of carboxylic acid groups (broad SMARTS) is 1. The largest absolute Gasteiger partial charge is 0.478 e. The van der Waals surface area contributed by atoms with Gasteiger partial charge in [-0.05, 0) is 29.8 Å². The van der Waals surface area contributed by atoms with Gasteiger partial charge in [-0.15, -0.1) is 0 Å². The highest BCUT2D eigenvalue weighted by Crippen LogP contribution is 2.28. The summed E-state index contributed by atoms with van der Waals surface area (Å²) >= 11 is 0. The van der Waals surface area contributed by atoms with E-state index in [9.17, 15) is 13.6 Å². The number of nitrogen functional groups attached to an aromatic ring is 1. The van der Waals surface area contributed by atoms with Gasteiger partial charge in [-0.3, -0.25) is 0 Å². The zero-order valence-corrected chi connectivity index (χ0v) is 9.15. The van der Waals surface area contributed by atoms with Gasteiger partial charge in [0, 0.05) is 5.56 Å². The Morgan fingerprint density at radius 3 is 2.22 bits per heavy atom. The second-order valence-corrected chi connectivity index (χ2v) is 3.71. The average Bonchev–Trinajstić information content (AvgIpc) is 2.36. The molecule has 0 aliphatic rings. The van der Waals surface area contributed by atoms with E-state index in [1.807, 2.05) is 0 Å². The lowest BCUT2D eigenvalue weighted by Crippen LogP contribution is -1.98. The van der Waals surface area contributed by atoms with Crippen LogP contribution in [0.5, 0.6) is 0 Å². The van der Waals surface area contributed by atoms with Crippen molar-refractivity contribution in [2.45, 2.75) is 0 Å². The fourth-order valence-corrected chi connectivity index (χ4v) is 1.58. The molecule has 0 aliphatic heterocycles. The standard InChI is InChI=1S/C13H9F2NO2/c14-10-6-5-9(11(15)12(10)16)7-1-3-8(4-2-7)13(17)18/h1-6H,16H2,(H,17,18). The molecule has 3 N–H and O–H groups in total. The highest BCUT2D eigenvalue weighted by Gasteiger charge is 2.12. The van der Waals surface area contributed by atoms with Gasteiger partial charge in [-0.2, -0.15) is 0 Å². The summed E-state index contributed by atoms with van der Waals surface area (Å²) in [6, 6.07) is 7.90. The molecule has 92 valence electrons. The van der Waals surface area contributed by atoms with Gasteiger partial charge in [0.05, 0.1) is 5.56 Å². The van der Waals surface area contributed by atoms with Gasteiger partial charge in [0.1, 0.15) is 11.5 Å². The Labute approximate surface area is 101 Å². The van der Waals surface area contributed by atoms with E-state index in [1.165, 1.54) is 30.3 Å². The van der Waals surface area contributed by atoms with Crippen molar-refractivity contribution in [1.82, 2.24) is 0 Å². The molecule has 0 saturated carbocycles. The third kappa shape index (κ3) is 2.02. The van der Waals surface area contributed by atoms with E-state index in [0.717, 1.165) is 6.07 Å². The van der Waals surface area contributed by atoms with Crippen molar-refractivity contribution in [3.05, 3.63) is 53.6 Å². The van der Waals surface area contributed by atoms with Crippen molar-refractivity contribution >= 4 is 11.7 Å². The van der Waals surface area contributed by atoms with Crippen molar-refractivity contribution in [2.24, 2.45) is 0 Å². The number of carbonyl (C=O) groups is 1. The molecule has 18 heavy (non-hydrogen) atoms. The molecule has 2 aromatic rings. The molecule has 5 heteroatoms. The summed E-state index contributed by atoms with van der Waals surface area (Å²) in [5, 5.41) is 8.74. The second kappa shape index (κ2) is 4.44. The molecular weight excluding hydrogens is 240 g/mol. The summed E-state index contributed by atoms with van der Waals surface area (Å²) in [7, 11) is 0. The molecule has 2 rings (SSSR count). The van der Waals surface area contributed by atoms with Gasteiger partial charge >= 0.3 is 5.97 Å². The Balaban J connectivity index is 2.49. The highest BCUT2D eigenvalue weighted by molar-refractivity contribution is 5.88.